The van der Waals surface area contributed by atoms with E-state index in [-0.39, 0.29) is 0 Å². The minimum Gasteiger partial charge on any atom is -0.315 e. The smallest absolute Gasteiger partial charge is 0.264 e. The van der Waals surface area contributed by atoms with Crippen LogP contribution in [0.1, 0.15) is 9.75 Å². The van der Waals surface area contributed by atoms with E-state index in [4.69, 9.17) is 0 Å². The van der Waals surface area contributed by atoms with Gasteiger partial charge in [-0.2, -0.15) is 0 Å². The molecule has 20 heavy (non-hydrogen) atoms. The monoisotopic (exact) mass is 375 g/mol. The van der Waals surface area contributed by atoms with Gasteiger partial charge in [-0.3, -0.25) is 4.72 Å². The average molecular weight is 376 g/mol. The van der Waals surface area contributed by atoms with Gasteiger partial charge in [-0.1, -0.05) is 0 Å². The molecule has 5 nitrogen and oxygen atoms in total. The van der Waals surface area contributed by atoms with Gasteiger partial charge in [0, 0.05) is 27.0 Å². The average Bonchev–Trinajstić information content (AvgIpc) is 2.74. The topological polar surface area (TPSA) is 71.1 Å². The molecule has 0 aliphatic carbocycles. The van der Waals surface area contributed by atoms with Gasteiger partial charge in [-0.15, -0.1) is 11.3 Å². The molecule has 0 radical (unpaired) electrons. The van der Waals surface area contributed by atoms with Crippen LogP contribution in [0.5, 0.6) is 0 Å². The number of aryl methyl sites for hydroxylation is 1. The predicted molar refractivity (Wildman–Crippen MR) is 84.6 cm³/mol. The lowest BCUT2D eigenvalue weighted by Crippen LogP contribution is -2.14. The van der Waals surface area contributed by atoms with Gasteiger partial charge in [0.15, 0.2) is 0 Å². The summed E-state index contributed by atoms with van der Waals surface area (Å²) < 4.78 is 28.0. The Balaban J connectivity index is 2.28. The third-order valence-corrected chi connectivity index (χ3v) is 5.66. The highest BCUT2D eigenvalue weighted by Crippen LogP contribution is 2.27. The maximum Gasteiger partial charge on any atom is 0.264 e. The first kappa shape index (κ1) is 15.4. The van der Waals surface area contributed by atoms with Crippen molar-refractivity contribution in [1.82, 2.24) is 10.3 Å². The van der Waals surface area contributed by atoms with Crippen molar-refractivity contribution >= 4 is 43.1 Å². The zero-order chi connectivity index (χ0) is 14.8. The summed E-state index contributed by atoms with van der Waals surface area (Å²) in [6.07, 6.45) is 1.55. The van der Waals surface area contributed by atoms with Gasteiger partial charge in [-0.05, 0) is 48.1 Å². The zero-order valence-electron chi connectivity index (χ0n) is 11.0. The number of sulfonamides is 1. The number of nitrogens with zero attached hydrogens (tertiary/aromatic N) is 1. The highest BCUT2D eigenvalue weighted by Gasteiger charge is 2.20. The minimum atomic E-state index is -3.60. The van der Waals surface area contributed by atoms with E-state index in [0.29, 0.717) is 17.3 Å². The standard InChI is InChI=1S/C12H14BrN3O2S2/c1-8-11(5-10(19-8)7-14-2)20(17,18)16-12-4-3-9(13)6-15-12/h3-6,14H,7H2,1-2H3,(H,15,16). The molecule has 2 aromatic rings. The highest BCUT2D eigenvalue weighted by atomic mass is 79.9. The Morgan fingerprint density at radius 1 is 1.40 bits per heavy atom. The molecule has 8 heteroatoms. The molecule has 0 spiro atoms. The van der Waals surface area contributed by atoms with E-state index in [9.17, 15) is 8.42 Å². The van der Waals surface area contributed by atoms with Gasteiger partial charge in [0.05, 0.1) is 0 Å². The molecule has 2 N–H and O–H groups in total. The predicted octanol–water partition coefficient (Wildman–Crippen LogP) is 2.73. The van der Waals surface area contributed by atoms with Crippen molar-refractivity contribution in [3.8, 4) is 0 Å². The van der Waals surface area contributed by atoms with Gasteiger partial charge in [0.1, 0.15) is 10.7 Å². The van der Waals surface area contributed by atoms with Crippen molar-refractivity contribution in [2.75, 3.05) is 11.8 Å². The van der Waals surface area contributed by atoms with Gasteiger partial charge in [0.25, 0.3) is 10.0 Å². The number of anilines is 1. The Morgan fingerprint density at radius 3 is 2.75 bits per heavy atom. The van der Waals surface area contributed by atoms with Crippen LogP contribution in [0.15, 0.2) is 33.8 Å². The Morgan fingerprint density at radius 2 is 2.15 bits per heavy atom. The Hall–Kier alpha value is -0.960. The fraction of sp³-hybridized carbons (Fsp3) is 0.250. The van der Waals surface area contributed by atoms with Crippen LogP contribution in [0.25, 0.3) is 0 Å². The van der Waals surface area contributed by atoms with Crippen LogP contribution in [-0.4, -0.2) is 20.4 Å². The normalized spacial score (nSPS) is 11.6. The van der Waals surface area contributed by atoms with Gasteiger partial charge >= 0.3 is 0 Å². The molecule has 0 amide bonds. The second kappa shape index (κ2) is 6.21. The molecule has 0 aromatic carbocycles. The number of rotatable bonds is 5. The molecule has 2 heterocycles. The molecule has 0 unspecified atom stereocenters. The summed E-state index contributed by atoms with van der Waals surface area (Å²) in [5, 5.41) is 3.01. The van der Waals surface area contributed by atoms with E-state index < -0.39 is 10.0 Å². The van der Waals surface area contributed by atoms with Crippen LogP contribution in [0.3, 0.4) is 0 Å². The van der Waals surface area contributed by atoms with Crippen LogP contribution < -0.4 is 10.0 Å². The fourth-order valence-corrected chi connectivity index (χ4v) is 4.57. The quantitative estimate of drug-likeness (QED) is 0.842. The van der Waals surface area contributed by atoms with E-state index >= 15 is 0 Å². The van der Waals surface area contributed by atoms with Gasteiger partial charge in [-0.25, -0.2) is 13.4 Å². The third-order valence-electron chi connectivity index (χ3n) is 2.53. The van der Waals surface area contributed by atoms with Crippen LogP contribution in [0.4, 0.5) is 5.82 Å². The number of nitrogens with one attached hydrogen (secondary N) is 2. The maximum atomic E-state index is 12.3. The lowest BCUT2D eigenvalue weighted by atomic mass is 10.4. The van der Waals surface area contributed by atoms with E-state index in [1.807, 2.05) is 7.05 Å². The first-order valence-corrected chi connectivity index (χ1v) is 8.90. The van der Waals surface area contributed by atoms with E-state index in [0.717, 1.165) is 14.2 Å². The largest absolute Gasteiger partial charge is 0.315 e. The number of pyridine rings is 1. The van der Waals surface area contributed by atoms with E-state index in [1.165, 1.54) is 11.3 Å². The van der Waals surface area contributed by atoms with E-state index in [2.05, 4.69) is 31.0 Å². The Labute approximate surface area is 130 Å². The molecule has 2 aromatic heterocycles. The Bertz CT molecular complexity index is 696. The van der Waals surface area contributed by atoms with E-state index in [1.54, 1.807) is 31.3 Å². The second-order valence-electron chi connectivity index (χ2n) is 4.13. The molecular formula is C12H14BrN3O2S2. The van der Waals surface area contributed by atoms with Crippen molar-refractivity contribution in [3.05, 3.63) is 38.6 Å². The molecule has 0 saturated carbocycles. The fourth-order valence-electron chi connectivity index (χ4n) is 1.68. The summed E-state index contributed by atoms with van der Waals surface area (Å²) in [6.45, 7) is 2.45. The summed E-state index contributed by atoms with van der Waals surface area (Å²) in [4.78, 5) is 6.06. The summed E-state index contributed by atoms with van der Waals surface area (Å²) in [5.74, 6) is 0.300. The molecule has 0 bridgehead atoms. The second-order valence-corrected chi connectivity index (χ2v) is 8.04. The Kier molecular flexibility index (Phi) is 4.79. The van der Waals surface area contributed by atoms with Crippen molar-refractivity contribution < 1.29 is 8.42 Å². The minimum absolute atomic E-state index is 0.300. The summed E-state index contributed by atoms with van der Waals surface area (Å²) in [6, 6.07) is 5.04. The van der Waals surface area contributed by atoms with Crippen molar-refractivity contribution in [3.63, 3.8) is 0 Å². The maximum absolute atomic E-state index is 12.3. The molecule has 0 aliphatic heterocycles. The first-order valence-electron chi connectivity index (χ1n) is 5.80. The van der Waals surface area contributed by atoms with Gasteiger partial charge in [0.2, 0.25) is 0 Å². The molecule has 2 rings (SSSR count). The molecule has 0 atom stereocenters. The van der Waals surface area contributed by atoms with Crippen molar-refractivity contribution in [2.24, 2.45) is 0 Å². The molecule has 108 valence electrons. The van der Waals surface area contributed by atoms with Crippen LogP contribution in [0, 0.1) is 6.92 Å². The van der Waals surface area contributed by atoms with Crippen LogP contribution in [0.2, 0.25) is 0 Å². The molecule has 0 fully saturated rings. The van der Waals surface area contributed by atoms with Crippen molar-refractivity contribution in [1.29, 1.82) is 0 Å². The third kappa shape index (κ3) is 3.57. The molecular weight excluding hydrogens is 362 g/mol. The first-order chi connectivity index (χ1) is 9.42. The molecule has 0 saturated heterocycles. The van der Waals surface area contributed by atoms with Crippen LogP contribution >= 0.6 is 27.3 Å². The highest BCUT2D eigenvalue weighted by molar-refractivity contribution is 9.10. The number of aromatic nitrogens is 1. The number of hydrogen-bond donors (Lipinski definition) is 2. The zero-order valence-corrected chi connectivity index (χ0v) is 14.2. The number of thiophene rings is 1. The summed E-state index contributed by atoms with van der Waals surface area (Å²) in [5.41, 5.74) is 0. The summed E-state index contributed by atoms with van der Waals surface area (Å²) in [7, 11) is -1.77. The lowest BCUT2D eigenvalue weighted by molar-refractivity contribution is 0.601. The van der Waals surface area contributed by atoms with Crippen LogP contribution in [-0.2, 0) is 16.6 Å². The summed E-state index contributed by atoms with van der Waals surface area (Å²) >= 11 is 4.73. The lowest BCUT2D eigenvalue weighted by Gasteiger charge is -2.06. The number of halogens is 1. The van der Waals surface area contributed by atoms with Crippen molar-refractivity contribution in [2.45, 2.75) is 18.4 Å². The van der Waals surface area contributed by atoms with Gasteiger partial charge < -0.3 is 5.32 Å². The molecule has 0 aliphatic rings. The number of hydrogen-bond acceptors (Lipinski definition) is 5. The SMILES string of the molecule is CNCc1cc(S(=O)(=O)Nc2ccc(Br)cn2)c(C)s1.